The molecule has 1 fully saturated rings. The molecule has 0 radical (unpaired) electrons. The topological polar surface area (TPSA) is 33.2 Å². The Balaban J connectivity index is 1.88. The van der Waals surface area contributed by atoms with Gasteiger partial charge in [-0.15, -0.1) is 11.6 Å². The molecule has 2 unspecified atom stereocenters. The normalized spacial score (nSPS) is 21.5. The lowest BCUT2D eigenvalue weighted by Gasteiger charge is -2.17. The standard InChI is InChI=1S/C13H17ClN2O/c1-10(14)13(17)16-7-4-12(9-16)8-11-2-5-15-6-3-11/h2-3,5-6,10,12H,4,7-9H2,1H3. The van der Waals surface area contributed by atoms with Gasteiger partial charge in [0.15, 0.2) is 0 Å². The minimum absolute atomic E-state index is 0.0592. The number of hydrogen-bond acceptors (Lipinski definition) is 2. The smallest absolute Gasteiger partial charge is 0.240 e. The van der Waals surface area contributed by atoms with Crippen molar-refractivity contribution in [2.75, 3.05) is 13.1 Å². The lowest BCUT2D eigenvalue weighted by Crippen LogP contribution is -2.33. The minimum atomic E-state index is -0.408. The van der Waals surface area contributed by atoms with Crippen LogP contribution in [0, 0.1) is 5.92 Å². The summed E-state index contributed by atoms with van der Waals surface area (Å²) in [4.78, 5) is 17.6. The Hall–Kier alpha value is -1.09. The molecule has 17 heavy (non-hydrogen) atoms. The van der Waals surface area contributed by atoms with Gasteiger partial charge in [-0.1, -0.05) is 0 Å². The van der Waals surface area contributed by atoms with Crippen LogP contribution in [0.25, 0.3) is 0 Å². The van der Waals surface area contributed by atoms with E-state index in [4.69, 9.17) is 11.6 Å². The second-order valence-electron chi connectivity index (χ2n) is 4.61. The predicted molar refractivity (Wildman–Crippen MR) is 67.9 cm³/mol. The molecule has 2 rings (SSSR count). The van der Waals surface area contributed by atoms with Gasteiger partial charge < -0.3 is 4.90 Å². The maximum atomic E-state index is 11.7. The molecule has 0 aliphatic carbocycles. The highest BCUT2D eigenvalue weighted by atomic mass is 35.5. The van der Waals surface area contributed by atoms with Crippen LogP contribution >= 0.6 is 11.6 Å². The first kappa shape index (κ1) is 12.4. The Morgan fingerprint density at radius 2 is 2.29 bits per heavy atom. The Kier molecular flexibility index (Phi) is 4.00. The number of hydrogen-bond donors (Lipinski definition) is 0. The summed E-state index contributed by atoms with van der Waals surface area (Å²) in [5.74, 6) is 0.612. The van der Waals surface area contributed by atoms with E-state index >= 15 is 0 Å². The molecule has 0 aromatic carbocycles. The third-order valence-corrected chi connectivity index (χ3v) is 3.40. The molecule has 0 N–H and O–H groups in total. The van der Waals surface area contributed by atoms with Gasteiger partial charge in [-0.25, -0.2) is 0 Å². The summed E-state index contributed by atoms with van der Waals surface area (Å²) in [5, 5.41) is -0.408. The van der Waals surface area contributed by atoms with Crippen LogP contribution in [0.1, 0.15) is 18.9 Å². The molecule has 92 valence electrons. The van der Waals surface area contributed by atoms with Crippen molar-refractivity contribution in [2.45, 2.75) is 25.1 Å². The highest BCUT2D eigenvalue weighted by Crippen LogP contribution is 2.21. The summed E-state index contributed by atoms with van der Waals surface area (Å²) in [6.45, 7) is 3.41. The molecule has 1 amide bonds. The van der Waals surface area contributed by atoms with Crippen molar-refractivity contribution in [3.8, 4) is 0 Å². The summed E-state index contributed by atoms with van der Waals surface area (Å²) >= 11 is 5.82. The number of carbonyl (C=O) groups excluding carboxylic acids is 1. The highest BCUT2D eigenvalue weighted by molar-refractivity contribution is 6.30. The van der Waals surface area contributed by atoms with E-state index in [1.54, 1.807) is 6.92 Å². The van der Waals surface area contributed by atoms with E-state index in [-0.39, 0.29) is 5.91 Å². The van der Waals surface area contributed by atoms with Crippen molar-refractivity contribution in [1.82, 2.24) is 9.88 Å². The second kappa shape index (κ2) is 5.50. The van der Waals surface area contributed by atoms with Gasteiger partial charge >= 0.3 is 0 Å². The van der Waals surface area contributed by atoms with Crippen LogP contribution in [-0.2, 0) is 11.2 Å². The second-order valence-corrected chi connectivity index (χ2v) is 5.27. The van der Waals surface area contributed by atoms with Gasteiger partial charge in [-0.2, -0.15) is 0 Å². The molecule has 1 aliphatic rings. The number of rotatable bonds is 3. The zero-order valence-corrected chi connectivity index (χ0v) is 10.7. The van der Waals surface area contributed by atoms with E-state index in [0.29, 0.717) is 5.92 Å². The average molecular weight is 253 g/mol. The van der Waals surface area contributed by atoms with Gasteiger partial charge in [-0.05, 0) is 43.4 Å². The number of pyridine rings is 1. The van der Waals surface area contributed by atoms with Gasteiger partial charge in [0, 0.05) is 25.5 Å². The minimum Gasteiger partial charge on any atom is -0.341 e. The molecule has 0 saturated carbocycles. The number of halogens is 1. The molecule has 4 heteroatoms. The number of aromatic nitrogens is 1. The van der Waals surface area contributed by atoms with Crippen LogP contribution in [0.3, 0.4) is 0 Å². The molecule has 3 nitrogen and oxygen atoms in total. The summed E-state index contributed by atoms with van der Waals surface area (Å²) < 4.78 is 0. The fourth-order valence-corrected chi connectivity index (χ4v) is 2.44. The first-order valence-electron chi connectivity index (χ1n) is 5.98. The van der Waals surface area contributed by atoms with Gasteiger partial charge in [0.1, 0.15) is 5.38 Å². The molecule has 2 heterocycles. The van der Waals surface area contributed by atoms with E-state index in [0.717, 1.165) is 25.9 Å². The third kappa shape index (κ3) is 3.19. The monoisotopic (exact) mass is 252 g/mol. The van der Waals surface area contributed by atoms with Crippen molar-refractivity contribution < 1.29 is 4.79 Å². The highest BCUT2D eigenvalue weighted by Gasteiger charge is 2.28. The first-order valence-corrected chi connectivity index (χ1v) is 6.42. The molecule has 1 aromatic heterocycles. The fourth-order valence-electron chi connectivity index (χ4n) is 2.30. The van der Waals surface area contributed by atoms with Crippen LogP contribution in [0.5, 0.6) is 0 Å². The van der Waals surface area contributed by atoms with Crippen LogP contribution in [0.4, 0.5) is 0 Å². The molecule has 1 saturated heterocycles. The number of alkyl halides is 1. The largest absolute Gasteiger partial charge is 0.341 e. The lowest BCUT2D eigenvalue weighted by molar-refractivity contribution is -0.129. The summed E-state index contributed by atoms with van der Waals surface area (Å²) in [6, 6.07) is 4.07. The molecule has 0 spiro atoms. The molecule has 0 bridgehead atoms. The Morgan fingerprint density at radius 3 is 2.94 bits per heavy atom. The third-order valence-electron chi connectivity index (χ3n) is 3.21. The summed E-state index contributed by atoms with van der Waals surface area (Å²) in [7, 11) is 0. The maximum Gasteiger partial charge on any atom is 0.240 e. The number of amides is 1. The van der Waals surface area contributed by atoms with Crippen molar-refractivity contribution in [1.29, 1.82) is 0 Å². The number of nitrogens with zero attached hydrogens (tertiary/aromatic N) is 2. The quantitative estimate of drug-likeness (QED) is 0.772. The van der Waals surface area contributed by atoms with E-state index in [9.17, 15) is 4.79 Å². The Bertz CT molecular complexity index is 380. The predicted octanol–water partition coefficient (Wildman–Crippen LogP) is 2.10. The Labute approximate surface area is 107 Å². The molecule has 1 aliphatic heterocycles. The van der Waals surface area contributed by atoms with Crippen LogP contribution in [-0.4, -0.2) is 34.3 Å². The Morgan fingerprint density at radius 1 is 1.59 bits per heavy atom. The summed E-state index contributed by atoms with van der Waals surface area (Å²) in [5.41, 5.74) is 1.29. The number of carbonyl (C=O) groups is 1. The van der Waals surface area contributed by atoms with Gasteiger partial charge in [0.05, 0.1) is 0 Å². The number of likely N-dealkylation sites (tertiary alicyclic amines) is 1. The van der Waals surface area contributed by atoms with E-state index in [2.05, 4.69) is 4.98 Å². The van der Waals surface area contributed by atoms with Gasteiger partial charge in [-0.3, -0.25) is 9.78 Å². The SMILES string of the molecule is CC(Cl)C(=O)N1CCC(Cc2ccncc2)C1. The molecule has 2 atom stereocenters. The maximum absolute atomic E-state index is 11.7. The zero-order valence-electron chi connectivity index (χ0n) is 9.97. The van der Waals surface area contributed by atoms with E-state index in [1.807, 2.05) is 29.4 Å². The zero-order chi connectivity index (χ0) is 12.3. The van der Waals surface area contributed by atoms with Crippen molar-refractivity contribution in [3.63, 3.8) is 0 Å². The van der Waals surface area contributed by atoms with Crippen LogP contribution < -0.4 is 0 Å². The van der Waals surface area contributed by atoms with Gasteiger partial charge in [0.25, 0.3) is 0 Å². The van der Waals surface area contributed by atoms with Gasteiger partial charge in [0.2, 0.25) is 5.91 Å². The van der Waals surface area contributed by atoms with E-state index in [1.165, 1.54) is 5.56 Å². The van der Waals surface area contributed by atoms with Crippen molar-refractivity contribution >= 4 is 17.5 Å². The van der Waals surface area contributed by atoms with Crippen LogP contribution in [0.2, 0.25) is 0 Å². The van der Waals surface area contributed by atoms with Crippen molar-refractivity contribution in [3.05, 3.63) is 30.1 Å². The summed E-state index contributed by atoms with van der Waals surface area (Å²) in [6.07, 6.45) is 5.71. The van der Waals surface area contributed by atoms with E-state index < -0.39 is 5.38 Å². The molecular weight excluding hydrogens is 236 g/mol. The molecular formula is C13H17ClN2O. The van der Waals surface area contributed by atoms with Crippen LogP contribution in [0.15, 0.2) is 24.5 Å². The first-order chi connectivity index (χ1) is 8.16. The average Bonchev–Trinajstić information content (AvgIpc) is 2.77. The fraction of sp³-hybridized carbons (Fsp3) is 0.538. The van der Waals surface area contributed by atoms with Crippen molar-refractivity contribution in [2.24, 2.45) is 5.92 Å². The lowest BCUT2D eigenvalue weighted by atomic mass is 10.00. The molecule has 1 aromatic rings.